The second kappa shape index (κ2) is 9.44. The summed E-state index contributed by atoms with van der Waals surface area (Å²) in [6, 6.07) is 6.10. The average molecular weight is 475 g/mol. The number of furan rings is 1. The van der Waals surface area contributed by atoms with Gasteiger partial charge < -0.3 is 9.32 Å². The minimum absolute atomic E-state index is 0.0456. The van der Waals surface area contributed by atoms with Gasteiger partial charge in [0, 0.05) is 33.3 Å². The molecule has 1 aromatic carbocycles. The fourth-order valence-corrected chi connectivity index (χ4v) is 5.17. The number of likely N-dealkylation sites (N-methyl/N-ethyl adjacent to an activating group) is 1. The molecule has 0 bridgehead atoms. The molecule has 0 saturated heterocycles. The van der Waals surface area contributed by atoms with Crippen LogP contribution in [0.3, 0.4) is 0 Å². The van der Waals surface area contributed by atoms with Crippen LogP contribution in [-0.2, 0) is 26.6 Å². The predicted octanol–water partition coefficient (Wildman–Crippen LogP) is 1.50. The lowest BCUT2D eigenvalue weighted by atomic mass is 10.3. The first-order chi connectivity index (χ1) is 14.3. The van der Waals surface area contributed by atoms with E-state index in [1.807, 2.05) is 0 Å². The van der Waals surface area contributed by atoms with Crippen molar-refractivity contribution in [1.29, 1.82) is 0 Å². The van der Waals surface area contributed by atoms with Gasteiger partial charge in [0.05, 0.1) is 16.4 Å². The van der Waals surface area contributed by atoms with Crippen molar-refractivity contribution >= 4 is 25.7 Å². The molecule has 11 nitrogen and oxygen atoms in total. The first kappa shape index (κ1) is 24.9. The maximum atomic E-state index is 13.4. The Morgan fingerprint density at radius 1 is 0.968 bits per heavy atom. The highest BCUT2D eigenvalue weighted by atomic mass is 32.2. The minimum Gasteiger partial charge on any atom is -0.465 e. The molecule has 0 aliphatic carbocycles. The van der Waals surface area contributed by atoms with Crippen molar-refractivity contribution in [3.8, 4) is 0 Å². The summed E-state index contributed by atoms with van der Waals surface area (Å²) in [5.41, 5.74) is -0.812. The standard InChI is InChI=1S/C18H26N4O7S2/c1-14-6-7-15(29-14)13-21(11-10-19(2)3)31(27,28)18-9-8-16(12-17(18)22(23)24)30(25,26)20(4)5/h6-9,12H,10-11,13H2,1-5H3. The van der Waals surface area contributed by atoms with Crippen molar-refractivity contribution in [2.45, 2.75) is 23.3 Å². The average Bonchev–Trinajstić information content (AvgIpc) is 3.08. The molecule has 1 aromatic heterocycles. The molecule has 1 heterocycles. The van der Waals surface area contributed by atoms with Crippen LogP contribution in [0.2, 0.25) is 0 Å². The van der Waals surface area contributed by atoms with E-state index in [-0.39, 0.29) is 18.0 Å². The summed E-state index contributed by atoms with van der Waals surface area (Å²) in [6.07, 6.45) is 0. The van der Waals surface area contributed by atoms with E-state index in [0.29, 0.717) is 18.1 Å². The van der Waals surface area contributed by atoms with Gasteiger partial charge in [0.15, 0.2) is 4.90 Å². The Hall–Kier alpha value is -2.32. The topological polar surface area (TPSA) is 134 Å². The first-order valence-corrected chi connectivity index (χ1v) is 12.1. The fraction of sp³-hybridized carbons (Fsp3) is 0.444. The molecule has 172 valence electrons. The number of nitro benzene ring substituents is 1. The molecule has 0 spiro atoms. The van der Waals surface area contributed by atoms with E-state index < -0.39 is 35.6 Å². The largest absolute Gasteiger partial charge is 0.465 e. The Kier molecular flexibility index (Phi) is 7.60. The first-order valence-electron chi connectivity index (χ1n) is 9.18. The highest BCUT2D eigenvalue weighted by Crippen LogP contribution is 2.31. The summed E-state index contributed by atoms with van der Waals surface area (Å²) in [6.45, 7) is 2.00. The van der Waals surface area contributed by atoms with Crippen LogP contribution in [0.1, 0.15) is 11.5 Å². The van der Waals surface area contributed by atoms with Crippen molar-refractivity contribution < 1.29 is 26.2 Å². The molecule has 2 rings (SSSR count). The van der Waals surface area contributed by atoms with Gasteiger partial charge in [-0.25, -0.2) is 21.1 Å². The fourth-order valence-electron chi connectivity index (χ4n) is 2.71. The van der Waals surface area contributed by atoms with Crippen LogP contribution in [0.4, 0.5) is 5.69 Å². The molecular weight excluding hydrogens is 448 g/mol. The summed E-state index contributed by atoms with van der Waals surface area (Å²) in [4.78, 5) is 11.6. The second-order valence-electron chi connectivity index (χ2n) is 7.33. The van der Waals surface area contributed by atoms with E-state index in [0.717, 1.165) is 26.8 Å². The zero-order valence-electron chi connectivity index (χ0n) is 18.0. The van der Waals surface area contributed by atoms with Crippen molar-refractivity contribution in [2.24, 2.45) is 0 Å². The predicted molar refractivity (Wildman–Crippen MR) is 114 cm³/mol. The van der Waals surface area contributed by atoms with E-state index in [1.54, 1.807) is 38.1 Å². The Morgan fingerprint density at radius 2 is 1.61 bits per heavy atom. The Labute approximate surface area is 182 Å². The van der Waals surface area contributed by atoms with Gasteiger partial charge in [-0.05, 0) is 45.3 Å². The number of benzene rings is 1. The quantitative estimate of drug-likeness (QED) is 0.373. The van der Waals surface area contributed by atoms with Crippen LogP contribution < -0.4 is 0 Å². The number of sulfonamides is 2. The Morgan fingerprint density at radius 3 is 2.10 bits per heavy atom. The molecule has 0 aliphatic rings. The van der Waals surface area contributed by atoms with Gasteiger partial charge in [0.2, 0.25) is 20.0 Å². The van der Waals surface area contributed by atoms with E-state index in [2.05, 4.69) is 0 Å². The highest BCUT2D eigenvalue weighted by molar-refractivity contribution is 7.89. The van der Waals surface area contributed by atoms with Gasteiger partial charge in [-0.15, -0.1) is 0 Å². The zero-order valence-corrected chi connectivity index (χ0v) is 19.6. The van der Waals surface area contributed by atoms with E-state index in [1.165, 1.54) is 14.1 Å². The molecule has 0 aliphatic heterocycles. The molecule has 0 amide bonds. The van der Waals surface area contributed by atoms with Crippen LogP contribution >= 0.6 is 0 Å². The van der Waals surface area contributed by atoms with Crippen LogP contribution in [0.25, 0.3) is 0 Å². The van der Waals surface area contributed by atoms with Gasteiger partial charge in [-0.1, -0.05) is 0 Å². The van der Waals surface area contributed by atoms with Crippen LogP contribution in [-0.4, -0.2) is 76.5 Å². The number of aryl methyl sites for hydroxylation is 1. The van der Waals surface area contributed by atoms with Crippen molar-refractivity contribution in [3.05, 3.63) is 52.0 Å². The lowest BCUT2D eigenvalue weighted by Gasteiger charge is -2.23. The number of nitrogens with zero attached hydrogens (tertiary/aromatic N) is 4. The summed E-state index contributed by atoms with van der Waals surface area (Å²) in [5, 5.41) is 11.7. The van der Waals surface area contributed by atoms with Gasteiger partial charge >= 0.3 is 0 Å². The van der Waals surface area contributed by atoms with Crippen molar-refractivity contribution in [2.75, 3.05) is 41.3 Å². The van der Waals surface area contributed by atoms with Gasteiger partial charge in [0.1, 0.15) is 11.5 Å². The van der Waals surface area contributed by atoms with E-state index in [9.17, 15) is 26.9 Å². The Balaban J connectivity index is 2.58. The number of nitro groups is 1. The normalized spacial score (nSPS) is 12.8. The van der Waals surface area contributed by atoms with Crippen molar-refractivity contribution in [3.63, 3.8) is 0 Å². The van der Waals surface area contributed by atoms with E-state index in [4.69, 9.17) is 4.42 Å². The molecule has 2 aromatic rings. The van der Waals surface area contributed by atoms with Crippen molar-refractivity contribution in [1.82, 2.24) is 13.5 Å². The number of hydrogen-bond donors (Lipinski definition) is 0. The monoisotopic (exact) mass is 474 g/mol. The summed E-state index contributed by atoms with van der Waals surface area (Å²) >= 11 is 0. The summed E-state index contributed by atoms with van der Waals surface area (Å²) < 4.78 is 58.9. The molecule has 0 N–H and O–H groups in total. The molecule has 31 heavy (non-hydrogen) atoms. The smallest absolute Gasteiger partial charge is 0.290 e. The SMILES string of the molecule is Cc1ccc(CN(CCN(C)C)S(=O)(=O)c2ccc(S(=O)(=O)N(C)C)cc2[N+](=O)[O-])o1. The third-order valence-electron chi connectivity index (χ3n) is 4.45. The second-order valence-corrected chi connectivity index (χ2v) is 11.4. The maximum Gasteiger partial charge on any atom is 0.290 e. The third kappa shape index (κ3) is 5.68. The van der Waals surface area contributed by atoms with Gasteiger partial charge in [-0.3, -0.25) is 10.1 Å². The zero-order chi connectivity index (χ0) is 23.6. The molecule has 0 radical (unpaired) electrons. The Bertz CT molecular complexity index is 1160. The lowest BCUT2D eigenvalue weighted by molar-refractivity contribution is -0.388. The summed E-state index contributed by atoms with van der Waals surface area (Å²) in [5.74, 6) is 0.985. The number of rotatable bonds is 10. The minimum atomic E-state index is -4.35. The molecule has 0 saturated carbocycles. The number of hydrogen-bond acceptors (Lipinski definition) is 8. The molecule has 0 unspecified atom stereocenters. The maximum absolute atomic E-state index is 13.4. The highest BCUT2D eigenvalue weighted by Gasteiger charge is 2.34. The lowest BCUT2D eigenvalue weighted by Crippen LogP contribution is -2.36. The molecule has 0 atom stereocenters. The van der Waals surface area contributed by atoms with Gasteiger partial charge in [-0.2, -0.15) is 4.31 Å². The van der Waals surface area contributed by atoms with Crippen LogP contribution in [0, 0.1) is 17.0 Å². The third-order valence-corrected chi connectivity index (χ3v) is 8.15. The molecule has 0 fully saturated rings. The molecular formula is C18H26N4O7S2. The van der Waals surface area contributed by atoms with Gasteiger partial charge in [0.25, 0.3) is 5.69 Å². The van der Waals surface area contributed by atoms with E-state index >= 15 is 0 Å². The van der Waals surface area contributed by atoms with Crippen LogP contribution in [0.5, 0.6) is 0 Å². The van der Waals surface area contributed by atoms with Crippen LogP contribution in [0.15, 0.2) is 44.5 Å². The molecule has 13 heteroatoms. The summed E-state index contributed by atoms with van der Waals surface area (Å²) in [7, 11) is -2.24.